The monoisotopic (exact) mass is 310 g/mol. The molecule has 0 saturated carbocycles. The average Bonchev–Trinajstić information content (AvgIpc) is 2.34. The van der Waals surface area contributed by atoms with Crippen LogP contribution in [0.15, 0.2) is 22.7 Å². The highest BCUT2D eigenvalue weighted by molar-refractivity contribution is 9.10. The predicted octanol–water partition coefficient (Wildman–Crippen LogP) is 2.50. The molecule has 1 rings (SSSR count). The van der Waals surface area contributed by atoms with E-state index in [-0.39, 0.29) is 17.2 Å². The normalized spacial score (nSPS) is 9.56. The number of hydrogen-bond acceptors (Lipinski definition) is 3. The van der Waals surface area contributed by atoms with Gasteiger partial charge in [0.1, 0.15) is 0 Å². The third-order valence-electron chi connectivity index (χ3n) is 2.19. The van der Waals surface area contributed by atoms with Crippen molar-refractivity contribution in [1.82, 2.24) is 5.32 Å². The van der Waals surface area contributed by atoms with Crippen LogP contribution < -0.4 is 5.32 Å². The first kappa shape index (κ1) is 14.2. The van der Waals surface area contributed by atoms with Crippen LogP contribution in [-0.2, 0) is 0 Å². The van der Waals surface area contributed by atoms with Gasteiger partial charge in [-0.2, -0.15) is 0 Å². The molecule has 1 N–H and O–H groups in total. The first-order valence-corrected chi connectivity index (χ1v) is 6.01. The minimum atomic E-state index is -0.542. The number of halogens is 1. The molecule has 18 heavy (non-hydrogen) atoms. The zero-order valence-corrected chi connectivity index (χ0v) is 11.1. The van der Waals surface area contributed by atoms with Crippen molar-refractivity contribution in [2.24, 2.45) is 0 Å². The Morgan fingerprint density at radius 3 is 2.89 bits per heavy atom. The lowest BCUT2D eigenvalue weighted by Crippen LogP contribution is -2.24. The molecule has 94 valence electrons. The third-order valence-corrected chi connectivity index (χ3v) is 2.86. The molecule has 0 heterocycles. The van der Waals surface area contributed by atoms with Crippen molar-refractivity contribution < 1.29 is 9.72 Å². The fourth-order valence-corrected chi connectivity index (χ4v) is 1.68. The summed E-state index contributed by atoms with van der Waals surface area (Å²) >= 11 is 3.06. The number of nitro groups is 1. The quantitative estimate of drug-likeness (QED) is 0.393. The van der Waals surface area contributed by atoms with Gasteiger partial charge in [-0.05, 0) is 34.5 Å². The van der Waals surface area contributed by atoms with Gasteiger partial charge >= 0.3 is 0 Å². The van der Waals surface area contributed by atoms with Gasteiger partial charge in [0.05, 0.1) is 9.40 Å². The molecular weight excluding hydrogens is 300 g/mol. The maximum Gasteiger partial charge on any atom is 0.284 e. The standard InChI is InChI=1S/C12H11BrN2O3/c1-2-3-4-7-14-12(16)9-5-6-10(13)11(8-9)15(17)18/h1,5-6,8H,3-4,7H2,(H,14,16). The molecule has 0 radical (unpaired) electrons. The van der Waals surface area contributed by atoms with E-state index in [1.165, 1.54) is 18.2 Å². The maximum atomic E-state index is 11.7. The molecule has 1 amide bonds. The summed E-state index contributed by atoms with van der Waals surface area (Å²) in [7, 11) is 0. The van der Waals surface area contributed by atoms with Crippen molar-refractivity contribution in [3.8, 4) is 12.3 Å². The molecule has 0 bridgehead atoms. The highest BCUT2D eigenvalue weighted by Crippen LogP contribution is 2.25. The van der Waals surface area contributed by atoms with Gasteiger partial charge in [-0.3, -0.25) is 14.9 Å². The van der Waals surface area contributed by atoms with Crippen molar-refractivity contribution in [1.29, 1.82) is 0 Å². The van der Waals surface area contributed by atoms with Crippen molar-refractivity contribution in [3.63, 3.8) is 0 Å². The van der Waals surface area contributed by atoms with Gasteiger partial charge in [0.15, 0.2) is 0 Å². The molecular formula is C12H11BrN2O3. The van der Waals surface area contributed by atoms with Crippen LogP contribution in [0.4, 0.5) is 5.69 Å². The molecule has 0 unspecified atom stereocenters. The third kappa shape index (κ3) is 3.86. The molecule has 0 saturated heterocycles. The van der Waals surface area contributed by atoms with E-state index in [9.17, 15) is 14.9 Å². The van der Waals surface area contributed by atoms with Crippen LogP contribution >= 0.6 is 15.9 Å². The molecule has 1 aromatic carbocycles. The summed E-state index contributed by atoms with van der Waals surface area (Å²) in [6.07, 6.45) is 6.35. The molecule has 0 spiro atoms. The van der Waals surface area contributed by atoms with Gasteiger partial charge in [-0.25, -0.2) is 0 Å². The molecule has 6 heteroatoms. The smallest absolute Gasteiger partial charge is 0.284 e. The van der Waals surface area contributed by atoms with Crippen LogP contribution in [0.25, 0.3) is 0 Å². The highest BCUT2D eigenvalue weighted by Gasteiger charge is 2.15. The average molecular weight is 311 g/mol. The minimum absolute atomic E-state index is 0.133. The Hall–Kier alpha value is -1.87. The van der Waals surface area contributed by atoms with Crippen LogP contribution in [0, 0.1) is 22.5 Å². The number of amides is 1. The fourth-order valence-electron chi connectivity index (χ4n) is 1.29. The molecule has 0 fully saturated rings. The summed E-state index contributed by atoms with van der Waals surface area (Å²) in [6, 6.07) is 4.24. The molecule has 0 atom stereocenters. The Balaban J connectivity index is 2.72. The van der Waals surface area contributed by atoms with Crippen LogP contribution in [-0.4, -0.2) is 17.4 Å². The molecule has 0 aliphatic heterocycles. The summed E-state index contributed by atoms with van der Waals surface area (Å²) in [5, 5.41) is 13.4. The van der Waals surface area contributed by atoms with Crippen LogP contribution in [0.1, 0.15) is 23.2 Å². The summed E-state index contributed by atoms with van der Waals surface area (Å²) in [6.45, 7) is 0.451. The second-order valence-corrected chi connectivity index (χ2v) is 4.34. The lowest BCUT2D eigenvalue weighted by Gasteiger charge is -2.04. The summed E-state index contributed by atoms with van der Waals surface area (Å²) in [4.78, 5) is 21.9. The predicted molar refractivity (Wildman–Crippen MR) is 71.2 cm³/mol. The number of unbranched alkanes of at least 4 members (excludes halogenated alkanes) is 1. The molecule has 0 aliphatic rings. The summed E-state index contributed by atoms with van der Waals surface area (Å²) in [5.74, 6) is 2.12. The number of terminal acetylenes is 1. The Morgan fingerprint density at radius 2 is 2.28 bits per heavy atom. The Kier molecular flexibility index (Phi) is 5.33. The lowest BCUT2D eigenvalue weighted by molar-refractivity contribution is -0.385. The number of nitrogens with zero attached hydrogens (tertiary/aromatic N) is 1. The largest absolute Gasteiger partial charge is 0.352 e. The van der Waals surface area contributed by atoms with Crippen LogP contribution in [0.3, 0.4) is 0 Å². The van der Waals surface area contributed by atoms with E-state index in [4.69, 9.17) is 6.42 Å². The molecule has 5 nitrogen and oxygen atoms in total. The second-order valence-electron chi connectivity index (χ2n) is 3.49. The van der Waals surface area contributed by atoms with E-state index in [0.717, 1.165) is 0 Å². The van der Waals surface area contributed by atoms with E-state index in [1.807, 2.05) is 0 Å². The van der Waals surface area contributed by atoms with Crippen LogP contribution in [0.2, 0.25) is 0 Å². The van der Waals surface area contributed by atoms with Gasteiger partial charge in [-0.1, -0.05) is 0 Å². The first-order chi connectivity index (χ1) is 8.56. The molecule has 0 aliphatic carbocycles. The van der Waals surface area contributed by atoms with Gasteiger partial charge in [0.2, 0.25) is 0 Å². The first-order valence-electron chi connectivity index (χ1n) is 5.22. The number of rotatable bonds is 5. The fraction of sp³-hybridized carbons (Fsp3) is 0.250. The zero-order valence-electron chi connectivity index (χ0n) is 9.48. The van der Waals surface area contributed by atoms with Crippen molar-refractivity contribution >= 4 is 27.5 Å². The highest BCUT2D eigenvalue weighted by atomic mass is 79.9. The van der Waals surface area contributed by atoms with Gasteiger partial charge in [0.25, 0.3) is 11.6 Å². The number of nitrogens with one attached hydrogen (secondary N) is 1. The number of carbonyl (C=O) groups is 1. The van der Waals surface area contributed by atoms with Gasteiger partial charge < -0.3 is 5.32 Å². The van der Waals surface area contributed by atoms with Crippen molar-refractivity contribution in [3.05, 3.63) is 38.3 Å². The number of carbonyl (C=O) groups excluding carboxylic acids is 1. The zero-order chi connectivity index (χ0) is 13.5. The van der Waals surface area contributed by atoms with Crippen molar-refractivity contribution in [2.45, 2.75) is 12.8 Å². The summed E-state index contributed by atoms with van der Waals surface area (Å²) < 4.78 is 0.344. The van der Waals surface area contributed by atoms with E-state index in [1.54, 1.807) is 0 Å². The lowest BCUT2D eigenvalue weighted by atomic mass is 10.2. The van der Waals surface area contributed by atoms with E-state index in [0.29, 0.717) is 23.9 Å². The number of benzene rings is 1. The SMILES string of the molecule is C#CCCCNC(=O)c1ccc(Br)c([N+](=O)[O-])c1. The molecule has 0 aromatic heterocycles. The second kappa shape index (κ2) is 6.77. The topological polar surface area (TPSA) is 72.2 Å². The maximum absolute atomic E-state index is 11.7. The number of nitro benzene ring substituents is 1. The van der Waals surface area contributed by atoms with Crippen molar-refractivity contribution in [2.75, 3.05) is 6.54 Å². The van der Waals surface area contributed by atoms with E-state index < -0.39 is 4.92 Å². The van der Waals surface area contributed by atoms with E-state index in [2.05, 4.69) is 27.2 Å². The van der Waals surface area contributed by atoms with Gasteiger partial charge in [0, 0.05) is 24.6 Å². The molecule has 1 aromatic rings. The summed E-state index contributed by atoms with van der Waals surface area (Å²) in [5.41, 5.74) is 0.122. The van der Waals surface area contributed by atoms with E-state index >= 15 is 0 Å². The Morgan fingerprint density at radius 1 is 1.56 bits per heavy atom. The van der Waals surface area contributed by atoms with Crippen LogP contribution in [0.5, 0.6) is 0 Å². The minimum Gasteiger partial charge on any atom is -0.352 e. The Bertz CT molecular complexity index is 509. The Labute approximate surface area is 113 Å². The number of hydrogen-bond donors (Lipinski definition) is 1. The van der Waals surface area contributed by atoms with Gasteiger partial charge in [-0.15, -0.1) is 12.3 Å².